The van der Waals surface area contributed by atoms with E-state index in [1.54, 1.807) is 7.11 Å². The van der Waals surface area contributed by atoms with E-state index in [2.05, 4.69) is 16.3 Å². The average molecular weight is 309 g/mol. The van der Waals surface area contributed by atoms with Crippen LogP contribution >= 0.6 is 11.6 Å². The quantitative estimate of drug-likeness (QED) is 0.925. The fourth-order valence-corrected chi connectivity index (χ4v) is 3.93. The molecule has 21 heavy (non-hydrogen) atoms. The summed E-state index contributed by atoms with van der Waals surface area (Å²) in [5.41, 5.74) is 4.05. The van der Waals surface area contributed by atoms with Gasteiger partial charge in [0.15, 0.2) is 0 Å². The molecule has 0 spiro atoms. The van der Waals surface area contributed by atoms with Crippen molar-refractivity contribution in [3.63, 3.8) is 0 Å². The van der Waals surface area contributed by atoms with Gasteiger partial charge in [-0.15, -0.1) is 0 Å². The number of piperazine rings is 1. The first kappa shape index (κ1) is 15.1. The fourth-order valence-electron chi connectivity index (χ4n) is 3.51. The third kappa shape index (κ3) is 3.36. The first-order valence-corrected chi connectivity index (χ1v) is 8.47. The van der Waals surface area contributed by atoms with E-state index in [-0.39, 0.29) is 0 Å². The largest absolute Gasteiger partial charge is 0.495 e. The van der Waals surface area contributed by atoms with Gasteiger partial charge in [0.25, 0.3) is 0 Å². The Morgan fingerprint density at radius 1 is 1.24 bits per heavy atom. The van der Waals surface area contributed by atoms with Crippen LogP contribution in [0.5, 0.6) is 5.75 Å². The van der Waals surface area contributed by atoms with Gasteiger partial charge in [-0.05, 0) is 48.8 Å². The molecule has 0 atom stereocenters. The number of ether oxygens (including phenoxy) is 1. The number of rotatable bonds is 4. The molecule has 4 heteroatoms. The lowest BCUT2D eigenvalue weighted by Crippen LogP contribution is -2.44. The van der Waals surface area contributed by atoms with Crippen LogP contribution in [-0.4, -0.2) is 44.7 Å². The number of hydrogen-bond donors (Lipinski definition) is 1. The first-order valence-electron chi connectivity index (χ1n) is 8.10. The fraction of sp³-hybridized carbons (Fsp3) is 0.647. The normalized spacial score (nSPS) is 19.3. The summed E-state index contributed by atoms with van der Waals surface area (Å²) in [6.07, 6.45) is 5.82. The number of fused-ring (bicyclic) bond motifs is 1. The van der Waals surface area contributed by atoms with Gasteiger partial charge in [0.1, 0.15) is 5.75 Å². The Morgan fingerprint density at radius 2 is 2.00 bits per heavy atom. The third-order valence-electron chi connectivity index (χ3n) is 4.73. The summed E-state index contributed by atoms with van der Waals surface area (Å²) >= 11 is 6.60. The van der Waals surface area contributed by atoms with E-state index in [0.717, 1.165) is 56.3 Å². The van der Waals surface area contributed by atoms with Gasteiger partial charge in [-0.1, -0.05) is 17.7 Å². The molecule has 3 rings (SSSR count). The van der Waals surface area contributed by atoms with E-state index < -0.39 is 0 Å². The molecule has 116 valence electrons. The lowest BCUT2D eigenvalue weighted by atomic mass is 9.89. The average Bonchev–Trinajstić information content (AvgIpc) is 2.54. The van der Waals surface area contributed by atoms with Crippen molar-refractivity contribution in [2.75, 3.05) is 39.8 Å². The van der Waals surface area contributed by atoms with Crippen LogP contribution in [0.3, 0.4) is 0 Å². The summed E-state index contributed by atoms with van der Waals surface area (Å²) in [6.45, 7) is 5.57. The SMILES string of the molecule is COc1c(CCN2CCNCC2)cc2c(c1Cl)CCCC2. The molecule has 1 N–H and O–H groups in total. The second-order valence-corrected chi connectivity index (χ2v) is 6.45. The highest BCUT2D eigenvalue weighted by Gasteiger charge is 2.20. The van der Waals surface area contributed by atoms with Crippen LogP contribution in [0, 0.1) is 0 Å². The number of hydrogen-bond acceptors (Lipinski definition) is 3. The van der Waals surface area contributed by atoms with E-state index in [1.165, 1.54) is 36.0 Å². The Balaban J connectivity index is 1.78. The Hall–Kier alpha value is -0.770. The first-order chi connectivity index (χ1) is 10.3. The summed E-state index contributed by atoms with van der Waals surface area (Å²) in [5.74, 6) is 0.910. The number of halogens is 1. The summed E-state index contributed by atoms with van der Waals surface area (Å²) in [6, 6.07) is 2.35. The van der Waals surface area contributed by atoms with Crippen LogP contribution < -0.4 is 10.1 Å². The number of nitrogens with one attached hydrogen (secondary N) is 1. The second kappa shape index (κ2) is 6.99. The minimum absolute atomic E-state index is 0.866. The summed E-state index contributed by atoms with van der Waals surface area (Å²) in [4.78, 5) is 2.52. The van der Waals surface area contributed by atoms with Gasteiger partial charge in [-0.25, -0.2) is 0 Å². The van der Waals surface area contributed by atoms with Crippen LogP contribution in [0.4, 0.5) is 0 Å². The molecule has 0 unspecified atom stereocenters. The zero-order valence-corrected chi connectivity index (χ0v) is 13.6. The molecule has 1 aromatic rings. The van der Waals surface area contributed by atoms with Crippen LogP contribution in [0.25, 0.3) is 0 Å². The smallest absolute Gasteiger partial charge is 0.140 e. The van der Waals surface area contributed by atoms with Gasteiger partial charge < -0.3 is 15.0 Å². The molecule has 1 aliphatic heterocycles. The molecule has 0 aromatic heterocycles. The van der Waals surface area contributed by atoms with E-state index in [9.17, 15) is 0 Å². The predicted molar refractivity (Wildman–Crippen MR) is 87.7 cm³/mol. The number of methoxy groups -OCH3 is 1. The molecule has 3 nitrogen and oxygen atoms in total. The highest BCUT2D eigenvalue weighted by atomic mass is 35.5. The van der Waals surface area contributed by atoms with Crippen molar-refractivity contribution in [1.29, 1.82) is 0 Å². The molecule has 1 aliphatic carbocycles. The molecule has 0 amide bonds. The standard InChI is InChI=1S/C17H25ClN2O/c1-21-17-14(6-9-20-10-7-19-8-11-20)12-13-4-2-3-5-15(13)16(17)18/h12,19H,2-11H2,1H3. The van der Waals surface area contributed by atoms with Crippen molar-refractivity contribution in [3.8, 4) is 5.75 Å². The van der Waals surface area contributed by atoms with Gasteiger partial charge in [0.05, 0.1) is 12.1 Å². The molecule has 1 fully saturated rings. The zero-order chi connectivity index (χ0) is 14.7. The van der Waals surface area contributed by atoms with Crippen LogP contribution in [0.2, 0.25) is 5.02 Å². The summed E-state index contributed by atoms with van der Waals surface area (Å²) in [5, 5.41) is 4.26. The van der Waals surface area contributed by atoms with Crippen molar-refractivity contribution >= 4 is 11.6 Å². The Morgan fingerprint density at radius 3 is 2.76 bits per heavy atom. The Bertz CT molecular complexity index is 498. The van der Waals surface area contributed by atoms with Crippen LogP contribution in [-0.2, 0) is 19.3 Å². The Kier molecular flexibility index (Phi) is 5.04. The molecule has 0 saturated carbocycles. The van der Waals surface area contributed by atoms with Crippen molar-refractivity contribution in [2.45, 2.75) is 32.1 Å². The van der Waals surface area contributed by atoms with Crippen LogP contribution in [0.1, 0.15) is 29.5 Å². The zero-order valence-electron chi connectivity index (χ0n) is 12.9. The maximum atomic E-state index is 6.60. The maximum absolute atomic E-state index is 6.60. The summed E-state index contributed by atoms with van der Waals surface area (Å²) < 4.78 is 5.62. The van der Waals surface area contributed by atoms with Gasteiger partial charge in [0.2, 0.25) is 0 Å². The predicted octanol–water partition coefficient (Wildman–Crippen LogP) is 2.68. The number of nitrogens with zero attached hydrogens (tertiary/aromatic N) is 1. The maximum Gasteiger partial charge on any atom is 0.140 e. The molecule has 2 aliphatic rings. The van der Waals surface area contributed by atoms with Gasteiger partial charge in [-0.2, -0.15) is 0 Å². The van der Waals surface area contributed by atoms with E-state index in [1.807, 2.05) is 0 Å². The summed E-state index contributed by atoms with van der Waals surface area (Å²) in [7, 11) is 1.74. The topological polar surface area (TPSA) is 24.5 Å². The Labute approximate surface area is 132 Å². The molecule has 1 saturated heterocycles. The molecule has 1 heterocycles. The van der Waals surface area contributed by atoms with Gasteiger partial charge in [-0.3, -0.25) is 0 Å². The molecular formula is C17H25ClN2O. The van der Waals surface area contributed by atoms with Crippen molar-refractivity contribution in [2.24, 2.45) is 0 Å². The molecule has 1 aromatic carbocycles. The van der Waals surface area contributed by atoms with Gasteiger partial charge in [0, 0.05) is 32.7 Å². The minimum atomic E-state index is 0.866. The molecule has 0 radical (unpaired) electrons. The van der Waals surface area contributed by atoms with Crippen LogP contribution in [0.15, 0.2) is 6.07 Å². The molecular weight excluding hydrogens is 284 g/mol. The lowest BCUT2D eigenvalue weighted by Gasteiger charge is -2.28. The van der Waals surface area contributed by atoms with E-state index >= 15 is 0 Å². The highest BCUT2D eigenvalue weighted by molar-refractivity contribution is 6.33. The number of benzene rings is 1. The molecule has 0 bridgehead atoms. The number of aryl methyl sites for hydroxylation is 1. The van der Waals surface area contributed by atoms with E-state index in [4.69, 9.17) is 16.3 Å². The lowest BCUT2D eigenvalue weighted by molar-refractivity contribution is 0.243. The van der Waals surface area contributed by atoms with E-state index in [0.29, 0.717) is 0 Å². The third-order valence-corrected chi connectivity index (χ3v) is 5.13. The van der Waals surface area contributed by atoms with Crippen molar-refractivity contribution < 1.29 is 4.74 Å². The highest BCUT2D eigenvalue weighted by Crippen LogP contribution is 2.38. The second-order valence-electron chi connectivity index (χ2n) is 6.07. The minimum Gasteiger partial charge on any atom is -0.495 e. The van der Waals surface area contributed by atoms with Gasteiger partial charge >= 0.3 is 0 Å². The van der Waals surface area contributed by atoms with Crippen molar-refractivity contribution in [3.05, 3.63) is 27.8 Å². The van der Waals surface area contributed by atoms with Crippen molar-refractivity contribution in [1.82, 2.24) is 10.2 Å². The monoisotopic (exact) mass is 308 g/mol.